The number of hydrogen-bond donors (Lipinski definition) is 0. The van der Waals surface area contributed by atoms with E-state index in [1.54, 1.807) is 16.8 Å². The molecule has 0 atom stereocenters. The summed E-state index contributed by atoms with van der Waals surface area (Å²) in [6, 6.07) is 17.0. The van der Waals surface area contributed by atoms with E-state index in [0.717, 1.165) is 11.1 Å². The first-order chi connectivity index (χ1) is 13.9. The van der Waals surface area contributed by atoms with Gasteiger partial charge in [0.1, 0.15) is 5.54 Å². The minimum Gasteiger partial charge on any atom is -0.338 e. The molecule has 1 spiro atoms. The van der Waals surface area contributed by atoms with Gasteiger partial charge in [-0.25, -0.2) is 4.79 Å². The zero-order valence-electron chi connectivity index (χ0n) is 16.8. The molecule has 0 radical (unpaired) electrons. The highest BCUT2D eigenvalue weighted by Gasteiger charge is 2.57. The Morgan fingerprint density at radius 3 is 2.24 bits per heavy atom. The van der Waals surface area contributed by atoms with Crippen LogP contribution in [-0.2, 0) is 11.3 Å². The van der Waals surface area contributed by atoms with Crippen molar-refractivity contribution < 1.29 is 14.4 Å². The number of aryl methyl sites for hydroxylation is 1. The van der Waals surface area contributed by atoms with E-state index < -0.39 is 5.54 Å². The number of piperidine rings is 1. The van der Waals surface area contributed by atoms with Gasteiger partial charge in [-0.1, -0.05) is 48.5 Å². The SMILES string of the molecule is Cc1ccccc1C(=O)N1CCC2(CC1)C(=O)N(C)C(=O)N2Cc1ccccc1. The van der Waals surface area contributed by atoms with E-state index in [9.17, 15) is 14.4 Å². The predicted octanol–water partition coefficient (Wildman–Crippen LogP) is 3.06. The van der Waals surface area contributed by atoms with Crippen LogP contribution in [0.3, 0.4) is 0 Å². The lowest BCUT2D eigenvalue weighted by Gasteiger charge is -2.42. The highest BCUT2D eigenvalue weighted by Crippen LogP contribution is 2.38. The van der Waals surface area contributed by atoms with Crippen LogP contribution >= 0.6 is 0 Å². The number of likely N-dealkylation sites (N-methyl/N-ethyl adjacent to an activating group) is 1. The van der Waals surface area contributed by atoms with Gasteiger partial charge in [0.05, 0.1) is 0 Å². The number of amides is 4. The van der Waals surface area contributed by atoms with E-state index in [0.29, 0.717) is 38.0 Å². The second kappa shape index (κ2) is 7.35. The largest absolute Gasteiger partial charge is 0.338 e. The molecule has 0 aliphatic carbocycles. The van der Waals surface area contributed by atoms with E-state index in [1.807, 2.05) is 61.5 Å². The predicted molar refractivity (Wildman–Crippen MR) is 109 cm³/mol. The highest BCUT2D eigenvalue weighted by molar-refractivity contribution is 6.07. The van der Waals surface area contributed by atoms with Crippen LogP contribution < -0.4 is 0 Å². The van der Waals surface area contributed by atoms with Crippen LogP contribution in [0.2, 0.25) is 0 Å². The topological polar surface area (TPSA) is 60.9 Å². The molecule has 0 saturated carbocycles. The fourth-order valence-electron chi connectivity index (χ4n) is 4.41. The Labute approximate surface area is 170 Å². The van der Waals surface area contributed by atoms with Crippen LogP contribution in [0.15, 0.2) is 54.6 Å². The molecule has 4 amide bonds. The Balaban J connectivity index is 1.56. The van der Waals surface area contributed by atoms with Crippen molar-refractivity contribution in [1.29, 1.82) is 0 Å². The van der Waals surface area contributed by atoms with Crippen LogP contribution in [0.25, 0.3) is 0 Å². The average Bonchev–Trinajstić information content (AvgIpc) is 2.91. The summed E-state index contributed by atoms with van der Waals surface area (Å²) < 4.78 is 0. The summed E-state index contributed by atoms with van der Waals surface area (Å²) in [5.74, 6) is -0.181. The average molecular weight is 391 g/mol. The van der Waals surface area contributed by atoms with Crippen molar-refractivity contribution in [3.05, 3.63) is 71.3 Å². The molecule has 29 heavy (non-hydrogen) atoms. The highest BCUT2D eigenvalue weighted by atomic mass is 16.2. The molecular formula is C23H25N3O3. The summed E-state index contributed by atoms with van der Waals surface area (Å²) in [5.41, 5.74) is 1.75. The van der Waals surface area contributed by atoms with Gasteiger partial charge in [-0.15, -0.1) is 0 Å². The molecule has 0 unspecified atom stereocenters. The van der Waals surface area contributed by atoms with Gasteiger partial charge >= 0.3 is 6.03 Å². The van der Waals surface area contributed by atoms with Gasteiger partial charge in [0.2, 0.25) is 0 Å². The molecule has 2 fully saturated rings. The molecule has 0 aromatic heterocycles. The molecule has 150 valence electrons. The Hall–Kier alpha value is -3.15. The maximum atomic E-state index is 13.1. The first kappa shape index (κ1) is 19.2. The second-order valence-electron chi connectivity index (χ2n) is 7.86. The molecule has 2 heterocycles. The molecule has 6 heteroatoms. The summed E-state index contributed by atoms with van der Waals surface area (Å²) in [5, 5.41) is 0. The van der Waals surface area contributed by atoms with Gasteiger partial charge in [0.15, 0.2) is 0 Å². The van der Waals surface area contributed by atoms with Crippen molar-refractivity contribution >= 4 is 17.8 Å². The molecular weight excluding hydrogens is 366 g/mol. The third-order valence-electron chi connectivity index (χ3n) is 6.17. The van der Waals surface area contributed by atoms with Gasteiger partial charge < -0.3 is 9.80 Å². The van der Waals surface area contributed by atoms with Crippen molar-refractivity contribution in [2.75, 3.05) is 20.1 Å². The van der Waals surface area contributed by atoms with E-state index in [2.05, 4.69) is 0 Å². The van der Waals surface area contributed by atoms with E-state index in [1.165, 1.54) is 4.90 Å². The van der Waals surface area contributed by atoms with Crippen LogP contribution in [0.5, 0.6) is 0 Å². The number of benzene rings is 2. The molecule has 0 bridgehead atoms. The maximum absolute atomic E-state index is 13.1. The van der Waals surface area contributed by atoms with E-state index in [-0.39, 0.29) is 17.8 Å². The summed E-state index contributed by atoms with van der Waals surface area (Å²) in [4.78, 5) is 43.6. The lowest BCUT2D eigenvalue weighted by atomic mass is 9.85. The summed E-state index contributed by atoms with van der Waals surface area (Å²) in [6.07, 6.45) is 0.902. The molecule has 6 nitrogen and oxygen atoms in total. The summed E-state index contributed by atoms with van der Waals surface area (Å²) in [7, 11) is 1.54. The standard InChI is InChI=1S/C23H25N3O3/c1-17-8-6-7-11-19(17)20(27)25-14-12-23(13-15-25)21(28)24(2)22(29)26(23)16-18-9-4-3-5-10-18/h3-11H,12-16H2,1-2H3. The van der Waals surface area contributed by atoms with Gasteiger partial charge in [-0.05, 0) is 37.0 Å². The molecule has 2 aliphatic rings. The Morgan fingerprint density at radius 2 is 1.59 bits per heavy atom. The number of rotatable bonds is 3. The van der Waals surface area contributed by atoms with E-state index >= 15 is 0 Å². The fraction of sp³-hybridized carbons (Fsp3) is 0.348. The molecule has 2 aliphatic heterocycles. The van der Waals surface area contributed by atoms with Crippen LogP contribution in [0.1, 0.15) is 34.3 Å². The number of likely N-dealkylation sites (tertiary alicyclic amines) is 1. The number of nitrogens with zero attached hydrogens (tertiary/aromatic N) is 3. The Morgan fingerprint density at radius 1 is 0.966 bits per heavy atom. The Kier molecular flexibility index (Phi) is 4.86. The monoisotopic (exact) mass is 391 g/mol. The quantitative estimate of drug-likeness (QED) is 0.756. The molecule has 0 N–H and O–H groups in total. The molecule has 2 aromatic carbocycles. The lowest BCUT2D eigenvalue weighted by Crippen LogP contribution is -2.57. The summed E-state index contributed by atoms with van der Waals surface area (Å²) in [6.45, 7) is 3.21. The maximum Gasteiger partial charge on any atom is 0.327 e. The Bertz CT molecular complexity index is 949. The summed E-state index contributed by atoms with van der Waals surface area (Å²) >= 11 is 0. The van der Waals surface area contributed by atoms with E-state index in [4.69, 9.17) is 0 Å². The molecule has 4 rings (SSSR count). The van der Waals surface area contributed by atoms with Crippen molar-refractivity contribution in [2.45, 2.75) is 31.8 Å². The van der Waals surface area contributed by atoms with Crippen LogP contribution in [-0.4, -0.2) is 58.2 Å². The minimum absolute atomic E-state index is 0.0160. The number of urea groups is 1. The first-order valence-electron chi connectivity index (χ1n) is 9.92. The minimum atomic E-state index is -0.871. The van der Waals surface area contributed by atoms with Crippen molar-refractivity contribution in [3.8, 4) is 0 Å². The zero-order valence-corrected chi connectivity index (χ0v) is 16.8. The normalized spacial score (nSPS) is 18.6. The van der Waals surface area contributed by atoms with Gasteiger partial charge in [-0.3, -0.25) is 14.5 Å². The number of carbonyl (C=O) groups excluding carboxylic acids is 3. The second-order valence-corrected chi connectivity index (χ2v) is 7.86. The van der Waals surface area contributed by atoms with Crippen LogP contribution in [0, 0.1) is 6.92 Å². The third-order valence-corrected chi connectivity index (χ3v) is 6.17. The molecule has 2 aromatic rings. The lowest BCUT2D eigenvalue weighted by molar-refractivity contribution is -0.134. The van der Waals surface area contributed by atoms with Crippen LogP contribution in [0.4, 0.5) is 4.79 Å². The number of hydrogen-bond acceptors (Lipinski definition) is 3. The van der Waals surface area contributed by atoms with Crippen molar-refractivity contribution in [2.24, 2.45) is 0 Å². The fourth-order valence-corrected chi connectivity index (χ4v) is 4.41. The third kappa shape index (κ3) is 3.18. The first-order valence-corrected chi connectivity index (χ1v) is 9.92. The number of carbonyl (C=O) groups is 3. The van der Waals surface area contributed by atoms with Gasteiger partial charge in [0.25, 0.3) is 11.8 Å². The van der Waals surface area contributed by atoms with Crippen molar-refractivity contribution in [3.63, 3.8) is 0 Å². The number of imide groups is 1. The van der Waals surface area contributed by atoms with Gasteiger partial charge in [0, 0.05) is 32.2 Å². The van der Waals surface area contributed by atoms with Gasteiger partial charge in [-0.2, -0.15) is 0 Å². The zero-order chi connectivity index (χ0) is 20.6. The smallest absolute Gasteiger partial charge is 0.327 e. The molecule has 2 saturated heterocycles. The van der Waals surface area contributed by atoms with Crippen molar-refractivity contribution in [1.82, 2.24) is 14.7 Å².